The topological polar surface area (TPSA) is 46.2 Å². The number of aryl methyl sites for hydroxylation is 1. The van der Waals surface area contributed by atoms with Crippen LogP contribution in [0.2, 0.25) is 0 Å². The number of hydrogen-bond donors (Lipinski definition) is 0. The summed E-state index contributed by atoms with van der Waals surface area (Å²) in [6.45, 7) is 8.47. The second kappa shape index (κ2) is 13.7. The van der Waals surface area contributed by atoms with Gasteiger partial charge in [0.1, 0.15) is 0 Å². The molecule has 142 valence electrons. The normalized spacial score (nSPS) is 12.2. The number of ether oxygens (including phenoxy) is 5. The van der Waals surface area contributed by atoms with Crippen molar-refractivity contribution in [1.29, 1.82) is 0 Å². The summed E-state index contributed by atoms with van der Waals surface area (Å²) in [5, 5.41) is 0. The molecule has 0 N–H and O–H groups in total. The van der Waals surface area contributed by atoms with Crippen molar-refractivity contribution in [2.24, 2.45) is 0 Å². The summed E-state index contributed by atoms with van der Waals surface area (Å²) in [5.74, 6) is 1.66. The maximum atomic E-state index is 5.75. The molecule has 25 heavy (non-hydrogen) atoms. The number of fused-ring (bicyclic) bond motifs is 1. The van der Waals surface area contributed by atoms with Crippen molar-refractivity contribution in [3.63, 3.8) is 0 Å². The number of unbranched alkanes of at least 4 members (excludes halogenated alkanes) is 1. The summed E-state index contributed by atoms with van der Waals surface area (Å²) in [6.07, 6.45) is 4.38. The average Bonchev–Trinajstić information content (AvgIpc) is 3.04. The van der Waals surface area contributed by atoms with E-state index in [1.165, 1.54) is 11.1 Å². The molecule has 0 fully saturated rings. The summed E-state index contributed by atoms with van der Waals surface area (Å²) in [7, 11) is 0. The number of hydrogen-bond acceptors (Lipinski definition) is 5. The van der Waals surface area contributed by atoms with Crippen molar-refractivity contribution in [2.75, 3.05) is 39.8 Å². The fourth-order valence-corrected chi connectivity index (χ4v) is 2.53. The third kappa shape index (κ3) is 8.20. The van der Waals surface area contributed by atoms with Gasteiger partial charge in [-0.2, -0.15) is 0 Å². The predicted molar refractivity (Wildman–Crippen MR) is 103 cm³/mol. The van der Waals surface area contributed by atoms with Crippen LogP contribution in [-0.4, -0.2) is 65.7 Å². The molecule has 0 radical (unpaired) electrons. The van der Waals surface area contributed by atoms with Crippen molar-refractivity contribution >= 4 is 25.8 Å². The van der Waals surface area contributed by atoms with Gasteiger partial charge in [-0.3, -0.25) is 0 Å². The fourth-order valence-electron chi connectivity index (χ4n) is 2.53. The van der Waals surface area contributed by atoms with Crippen molar-refractivity contribution in [1.82, 2.24) is 0 Å². The Morgan fingerprint density at radius 3 is 2.04 bits per heavy atom. The van der Waals surface area contributed by atoms with Crippen molar-refractivity contribution in [2.45, 2.75) is 46.1 Å². The first kappa shape index (κ1) is 22.6. The Balaban J connectivity index is 0.00000312. The van der Waals surface area contributed by atoms with Crippen LogP contribution in [0.25, 0.3) is 0 Å². The van der Waals surface area contributed by atoms with Gasteiger partial charge in [-0.1, -0.05) is 26.7 Å². The summed E-state index contributed by atoms with van der Waals surface area (Å²) in [4.78, 5) is 0. The van der Waals surface area contributed by atoms with Crippen LogP contribution in [0.15, 0.2) is 12.1 Å². The van der Waals surface area contributed by atoms with Crippen LogP contribution in [0.3, 0.4) is 0 Å². The molecule has 1 heterocycles. The molecule has 1 aliphatic rings. The van der Waals surface area contributed by atoms with Crippen LogP contribution >= 0.6 is 0 Å². The molecule has 5 nitrogen and oxygen atoms in total. The van der Waals surface area contributed by atoms with Gasteiger partial charge >= 0.3 is 25.8 Å². The van der Waals surface area contributed by atoms with Crippen LogP contribution in [0.4, 0.5) is 0 Å². The first-order chi connectivity index (χ1) is 11.8. The fraction of sp³-hybridized carbons (Fsp3) is 0.684. The van der Waals surface area contributed by atoms with Gasteiger partial charge in [0, 0.05) is 6.61 Å². The molecule has 0 unspecified atom stereocenters. The van der Waals surface area contributed by atoms with Crippen LogP contribution in [0.5, 0.6) is 11.5 Å². The van der Waals surface area contributed by atoms with Gasteiger partial charge in [0.2, 0.25) is 6.79 Å². The number of benzene rings is 1. The molecule has 1 aromatic carbocycles. The first-order valence-electron chi connectivity index (χ1n) is 8.99. The van der Waals surface area contributed by atoms with Crippen LogP contribution in [0, 0.1) is 0 Å². The van der Waals surface area contributed by atoms with E-state index < -0.39 is 0 Å². The molecular formula is C19H33InO5. The minimum absolute atomic E-state index is 0. The van der Waals surface area contributed by atoms with E-state index in [0.717, 1.165) is 43.8 Å². The van der Waals surface area contributed by atoms with Gasteiger partial charge in [0.25, 0.3) is 0 Å². The molecule has 0 aromatic heterocycles. The zero-order valence-electron chi connectivity index (χ0n) is 15.0. The summed E-state index contributed by atoms with van der Waals surface area (Å²) < 4.78 is 27.6. The molecule has 0 aliphatic carbocycles. The molecule has 0 bridgehead atoms. The SMILES string of the molecule is CCCCOCCOCCOCc1cc2c(cc1CCC)OCO2.[InH3]. The van der Waals surface area contributed by atoms with E-state index in [-0.39, 0.29) is 25.8 Å². The molecule has 1 aromatic rings. The van der Waals surface area contributed by atoms with E-state index in [4.69, 9.17) is 23.7 Å². The molecule has 6 heteroatoms. The van der Waals surface area contributed by atoms with Gasteiger partial charge in [0.05, 0.1) is 33.0 Å². The Bertz CT molecular complexity index is 481. The second-order valence-corrected chi connectivity index (χ2v) is 5.86. The Morgan fingerprint density at radius 1 is 0.800 bits per heavy atom. The van der Waals surface area contributed by atoms with Crippen LogP contribution in [-0.2, 0) is 27.2 Å². The van der Waals surface area contributed by atoms with Gasteiger partial charge in [-0.25, -0.2) is 0 Å². The zero-order valence-corrected chi connectivity index (χ0v) is 15.0. The van der Waals surface area contributed by atoms with E-state index >= 15 is 0 Å². The van der Waals surface area contributed by atoms with Crippen molar-refractivity contribution < 1.29 is 23.7 Å². The maximum absolute atomic E-state index is 5.75. The molecule has 0 saturated carbocycles. The van der Waals surface area contributed by atoms with Gasteiger partial charge < -0.3 is 23.7 Å². The molecule has 0 saturated heterocycles. The van der Waals surface area contributed by atoms with E-state index in [2.05, 4.69) is 19.9 Å². The first-order valence-corrected chi connectivity index (χ1v) is 8.99. The Morgan fingerprint density at radius 2 is 1.40 bits per heavy atom. The summed E-state index contributed by atoms with van der Waals surface area (Å²) >= 11 is 0. The Labute approximate surface area is 170 Å². The Hall–Kier alpha value is -0.430. The van der Waals surface area contributed by atoms with Crippen LogP contribution < -0.4 is 9.47 Å². The quantitative estimate of drug-likeness (QED) is 0.427. The standard InChI is InChI=1S/C19H30O5.In.3H/c1-3-5-7-20-8-9-21-10-11-22-14-17-13-19-18(23-15-24-19)12-16(17)6-4-2;;;;/h12-13H,3-11,14-15H2,1-2H3;;;;. The predicted octanol–water partition coefficient (Wildman–Crippen LogP) is 2.53. The zero-order chi connectivity index (χ0) is 17.0. The third-order valence-electron chi connectivity index (χ3n) is 3.86. The molecule has 1 aliphatic heterocycles. The Kier molecular flexibility index (Phi) is 12.4. The third-order valence-corrected chi connectivity index (χ3v) is 3.86. The van der Waals surface area contributed by atoms with E-state index in [0.29, 0.717) is 39.8 Å². The van der Waals surface area contributed by atoms with Crippen molar-refractivity contribution in [3.8, 4) is 11.5 Å². The summed E-state index contributed by atoms with van der Waals surface area (Å²) in [6, 6.07) is 4.12. The van der Waals surface area contributed by atoms with Crippen LogP contribution in [0.1, 0.15) is 44.2 Å². The minimum atomic E-state index is 0. The van der Waals surface area contributed by atoms with Gasteiger partial charge in [-0.15, -0.1) is 0 Å². The molecule has 0 atom stereocenters. The molecule has 2 rings (SSSR count). The van der Waals surface area contributed by atoms with E-state index in [9.17, 15) is 0 Å². The number of rotatable bonds is 13. The monoisotopic (exact) mass is 456 g/mol. The molecule has 0 spiro atoms. The van der Waals surface area contributed by atoms with Gasteiger partial charge in [-0.05, 0) is 36.1 Å². The van der Waals surface area contributed by atoms with E-state index in [1.807, 2.05) is 6.07 Å². The van der Waals surface area contributed by atoms with Gasteiger partial charge in [0.15, 0.2) is 11.5 Å². The molecular weight excluding hydrogens is 423 g/mol. The summed E-state index contributed by atoms with van der Waals surface area (Å²) in [5.41, 5.74) is 2.44. The van der Waals surface area contributed by atoms with Crippen molar-refractivity contribution in [3.05, 3.63) is 23.3 Å². The van der Waals surface area contributed by atoms with E-state index in [1.54, 1.807) is 0 Å². The molecule has 0 amide bonds. The second-order valence-electron chi connectivity index (χ2n) is 5.86. The average molecular weight is 456 g/mol.